The molecule has 0 atom stereocenters. The van der Waals surface area contributed by atoms with Crippen LogP contribution in [0.1, 0.15) is 6.92 Å². The summed E-state index contributed by atoms with van der Waals surface area (Å²) in [6, 6.07) is 0. The van der Waals surface area contributed by atoms with Crippen LogP contribution in [-0.2, 0) is 6.54 Å². The number of aryl methyl sites for hydroxylation is 1. The quantitative estimate of drug-likeness (QED) is 0.512. The van der Waals surface area contributed by atoms with Crippen LogP contribution in [0.25, 0.3) is 11.0 Å². The molecule has 2 aromatic rings. The van der Waals surface area contributed by atoms with Crippen molar-refractivity contribution >= 4 is 16.9 Å². The van der Waals surface area contributed by atoms with Crippen molar-refractivity contribution in [3.63, 3.8) is 0 Å². The van der Waals surface area contributed by atoms with Gasteiger partial charge in [-0.05, 0) is 0 Å². The number of hydrogen-bond donors (Lipinski definition) is 1. The summed E-state index contributed by atoms with van der Waals surface area (Å²) in [6.45, 7) is 3.03. The fourth-order valence-corrected chi connectivity index (χ4v) is 3.15. The van der Waals surface area contributed by atoms with Crippen LogP contribution in [0, 0.1) is 3.57 Å². The second-order valence-corrected chi connectivity index (χ2v) is 5.15. The molecule has 2 aromatic heterocycles. The van der Waals surface area contributed by atoms with E-state index < -0.39 is 0 Å². The van der Waals surface area contributed by atoms with Crippen LogP contribution in [0.15, 0.2) is 12.5 Å². The van der Waals surface area contributed by atoms with Gasteiger partial charge in [0.05, 0.1) is 0 Å². The van der Waals surface area contributed by atoms with E-state index >= 15 is 0 Å². The number of nitrogens with zero attached hydrogens (tertiary/aromatic N) is 3. The number of nitrogens with two attached hydrogens (primary N) is 1. The average Bonchev–Trinajstić information content (AvgIpc) is 2.57. The van der Waals surface area contributed by atoms with E-state index in [9.17, 15) is 0 Å². The minimum atomic E-state index is 0.0243. The Morgan fingerprint density at radius 1 is 1.50 bits per heavy atom. The monoisotopic (exact) mass is 303 g/mol. The zero-order chi connectivity index (χ0) is 10.1. The van der Waals surface area contributed by atoms with E-state index in [0.717, 1.165) is 17.6 Å². The van der Waals surface area contributed by atoms with Crippen molar-refractivity contribution < 1.29 is 21.2 Å². The Balaban J connectivity index is 2.82. The van der Waals surface area contributed by atoms with Crippen LogP contribution in [0.2, 0.25) is 0 Å². The fourth-order valence-electron chi connectivity index (χ4n) is 1.48. The third-order valence-electron chi connectivity index (χ3n) is 2.18. The van der Waals surface area contributed by atoms with Gasteiger partial charge in [0, 0.05) is 0 Å². The topological polar surface area (TPSA) is 56.7 Å². The molecule has 0 unspecified atom stereocenters. The molecule has 0 saturated carbocycles. The Morgan fingerprint density at radius 3 is 2.93 bits per heavy atom. The predicted octanol–water partition coefficient (Wildman–Crippen LogP) is -2.08. The molecular weight excluding hydrogens is 291 g/mol. The molecule has 0 amide bonds. The summed E-state index contributed by atoms with van der Waals surface area (Å²) in [7, 11) is 0. The summed E-state index contributed by atoms with van der Waals surface area (Å²) in [5.74, 6) is 0.610. The Bertz CT molecular complexity index is 463. The van der Waals surface area contributed by atoms with E-state index in [4.69, 9.17) is 5.73 Å². The van der Waals surface area contributed by atoms with E-state index in [1.54, 1.807) is 0 Å². The van der Waals surface area contributed by atoms with Crippen molar-refractivity contribution in [1.82, 2.24) is 14.5 Å². The van der Waals surface area contributed by atoms with Gasteiger partial charge in [0.15, 0.2) is 0 Å². The van der Waals surface area contributed by atoms with E-state index in [1.165, 1.54) is 9.90 Å². The van der Waals surface area contributed by atoms with Gasteiger partial charge >= 0.3 is 92.8 Å². The summed E-state index contributed by atoms with van der Waals surface area (Å²) < 4.78 is 3.46. The summed E-state index contributed by atoms with van der Waals surface area (Å²) in [6.07, 6.45) is 3.69. The van der Waals surface area contributed by atoms with Crippen molar-refractivity contribution in [1.29, 1.82) is 0 Å². The zero-order valence-corrected chi connectivity index (χ0v) is 10.3. The maximum atomic E-state index is 5.85. The maximum absolute atomic E-state index is 5.85. The molecule has 2 N–H and O–H groups in total. The van der Waals surface area contributed by atoms with Gasteiger partial charge < -0.3 is 0 Å². The van der Waals surface area contributed by atoms with E-state index in [0.29, 0.717) is 5.82 Å². The van der Waals surface area contributed by atoms with Crippen molar-refractivity contribution in [3.05, 3.63) is 16.1 Å². The van der Waals surface area contributed by atoms with Crippen LogP contribution in [0.3, 0.4) is 0 Å². The van der Waals surface area contributed by atoms with Gasteiger partial charge in [-0.2, -0.15) is 0 Å². The molecule has 0 fully saturated rings. The van der Waals surface area contributed by atoms with Crippen LogP contribution in [0.4, 0.5) is 5.82 Å². The molecule has 2 rings (SSSR count). The average molecular weight is 303 g/mol. The first-order valence-corrected chi connectivity index (χ1v) is 7.60. The Morgan fingerprint density at radius 2 is 2.29 bits per heavy atom. The number of alkyl halides is 1. The molecular formula is C9H12IN4-. The number of anilines is 1. The second-order valence-electron chi connectivity index (χ2n) is 2.91. The molecule has 0 bridgehead atoms. The Hall–Kier alpha value is -0.850. The van der Waals surface area contributed by atoms with Crippen molar-refractivity contribution in [2.24, 2.45) is 0 Å². The van der Waals surface area contributed by atoms with Crippen molar-refractivity contribution in [2.75, 3.05) is 10.7 Å². The Kier molecular flexibility index (Phi) is 2.58. The third kappa shape index (κ3) is 1.35. The van der Waals surface area contributed by atoms with Gasteiger partial charge in [0.25, 0.3) is 0 Å². The molecule has 0 spiro atoms. The van der Waals surface area contributed by atoms with Gasteiger partial charge in [-0.3, -0.25) is 0 Å². The van der Waals surface area contributed by atoms with Crippen LogP contribution in [0.5, 0.6) is 0 Å². The molecule has 0 aliphatic heterocycles. The van der Waals surface area contributed by atoms with Gasteiger partial charge in [-0.1, -0.05) is 0 Å². The van der Waals surface area contributed by atoms with Crippen LogP contribution in [-0.4, -0.2) is 19.5 Å². The van der Waals surface area contributed by atoms with Gasteiger partial charge in [-0.25, -0.2) is 0 Å². The van der Waals surface area contributed by atoms with Gasteiger partial charge in [0.2, 0.25) is 0 Å². The molecule has 0 aliphatic rings. The molecule has 0 aliphatic carbocycles. The van der Waals surface area contributed by atoms with Gasteiger partial charge in [0.1, 0.15) is 0 Å². The molecule has 5 heteroatoms. The molecule has 2 heterocycles. The SMILES string of the molecule is CCn1cc([I-]C)c2c(N)ncnc21. The predicted molar refractivity (Wildman–Crippen MR) is 52.2 cm³/mol. The van der Waals surface area contributed by atoms with Crippen LogP contribution >= 0.6 is 0 Å². The molecule has 0 aromatic carbocycles. The summed E-state index contributed by atoms with van der Waals surface area (Å²) in [4.78, 5) is 10.5. The summed E-state index contributed by atoms with van der Waals surface area (Å²) >= 11 is 0.0243. The summed E-state index contributed by atoms with van der Waals surface area (Å²) in [5.41, 5.74) is 6.82. The molecule has 76 valence electrons. The van der Waals surface area contributed by atoms with Gasteiger partial charge in [-0.15, -0.1) is 0 Å². The number of rotatable bonds is 2. The molecule has 4 nitrogen and oxygen atoms in total. The van der Waals surface area contributed by atoms with E-state index in [2.05, 4.69) is 32.6 Å². The number of nitrogen functional groups attached to an aromatic ring is 1. The van der Waals surface area contributed by atoms with Crippen molar-refractivity contribution in [3.8, 4) is 0 Å². The second kappa shape index (κ2) is 3.72. The summed E-state index contributed by atoms with van der Waals surface area (Å²) in [5, 5.41) is 1.06. The number of halogens is 1. The first kappa shape index (κ1) is 9.70. The number of aromatic nitrogens is 3. The number of fused-ring (bicyclic) bond motifs is 1. The molecule has 0 radical (unpaired) electrons. The standard InChI is InChI=1S/C9H12IN4/c1-3-14-4-6(10-2)7-8(11)12-5-13-9(7)14/h4-5H,3H2,1-2H3,(H2,11,12,13)/q-1. The normalized spacial score (nSPS) is 11.3. The third-order valence-corrected chi connectivity index (χ3v) is 4.16. The van der Waals surface area contributed by atoms with Crippen LogP contribution < -0.4 is 26.9 Å². The fraction of sp³-hybridized carbons (Fsp3) is 0.333. The van der Waals surface area contributed by atoms with E-state index in [1.807, 2.05) is 0 Å². The first-order chi connectivity index (χ1) is 6.77. The number of hydrogen-bond acceptors (Lipinski definition) is 3. The minimum absolute atomic E-state index is 0.0243. The Labute approximate surface area is 92.8 Å². The first-order valence-electron chi connectivity index (χ1n) is 4.36. The molecule has 0 saturated heterocycles. The van der Waals surface area contributed by atoms with Crippen molar-refractivity contribution in [2.45, 2.75) is 13.5 Å². The van der Waals surface area contributed by atoms with E-state index in [-0.39, 0.29) is 21.2 Å². The zero-order valence-electron chi connectivity index (χ0n) is 8.16. The molecule has 14 heavy (non-hydrogen) atoms.